The van der Waals surface area contributed by atoms with Gasteiger partial charge in [0, 0.05) is 4.47 Å². The predicted molar refractivity (Wildman–Crippen MR) is 131 cm³/mol. The zero-order valence-corrected chi connectivity index (χ0v) is 20.6. The van der Waals surface area contributed by atoms with Crippen LogP contribution in [0.25, 0.3) is 6.08 Å². The molecule has 3 aromatic rings. The Morgan fingerprint density at radius 3 is 2.45 bits per heavy atom. The maximum absolute atomic E-state index is 12.8. The molecule has 0 saturated carbocycles. The fourth-order valence-corrected chi connectivity index (χ4v) is 5.29. The molecule has 0 spiro atoms. The zero-order chi connectivity index (χ0) is 23.6. The van der Waals surface area contributed by atoms with Crippen LogP contribution in [0.15, 0.2) is 87.1 Å². The summed E-state index contributed by atoms with van der Waals surface area (Å²) in [6, 6.07) is 20.1. The Labute approximate surface area is 204 Å². The van der Waals surface area contributed by atoms with Gasteiger partial charge in [0.15, 0.2) is 0 Å². The van der Waals surface area contributed by atoms with Gasteiger partial charge in [-0.25, -0.2) is 0 Å². The van der Waals surface area contributed by atoms with E-state index in [1.165, 1.54) is 29.2 Å². The summed E-state index contributed by atoms with van der Waals surface area (Å²) >= 11 is 4.27. The summed E-state index contributed by atoms with van der Waals surface area (Å²) in [5, 5.41) is -0.364. The molecular formula is C24H18BrNO5S2. The summed E-state index contributed by atoms with van der Waals surface area (Å²) in [6.07, 6.45) is 1.55. The number of halogens is 1. The van der Waals surface area contributed by atoms with Crippen molar-refractivity contribution in [2.45, 2.75) is 18.4 Å². The standard InChI is InChI=1S/C24H18BrNO5S2/c1-16-9-11-20(12-10-16)33(29,30)31-19-7-4-5-17(13-19)14-22-23(27)26(24(28)32-22)15-18-6-2-3-8-21(18)25/h2-14H,15H2,1H3/b22-14-. The van der Waals surface area contributed by atoms with Crippen molar-refractivity contribution in [1.82, 2.24) is 4.90 Å². The highest BCUT2D eigenvalue weighted by Crippen LogP contribution is 2.34. The van der Waals surface area contributed by atoms with E-state index in [9.17, 15) is 18.0 Å². The summed E-state index contributed by atoms with van der Waals surface area (Å²) in [6.45, 7) is 2.02. The molecule has 1 aliphatic heterocycles. The SMILES string of the molecule is Cc1ccc(S(=O)(=O)Oc2cccc(/C=C3\SC(=O)N(Cc4ccccc4Br)C3=O)c2)cc1. The number of imide groups is 1. The fourth-order valence-electron chi connectivity index (χ4n) is 3.12. The number of aryl methyl sites for hydroxylation is 1. The highest BCUT2D eigenvalue weighted by molar-refractivity contribution is 9.10. The molecule has 9 heteroatoms. The van der Waals surface area contributed by atoms with Gasteiger partial charge >= 0.3 is 10.1 Å². The van der Waals surface area contributed by atoms with Gasteiger partial charge in [-0.2, -0.15) is 8.42 Å². The minimum atomic E-state index is -4.00. The number of hydrogen-bond donors (Lipinski definition) is 0. The first-order chi connectivity index (χ1) is 15.7. The van der Waals surface area contributed by atoms with Crippen molar-refractivity contribution in [3.05, 3.63) is 98.9 Å². The third kappa shape index (κ3) is 5.38. The second-order valence-electron chi connectivity index (χ2n) is 7.28. The van der Waals surface area contributed by atoms with Gasteiger partial charge in [-0.15, -0.1) is 0 Å². The summed E-state index contributed by atoms with van der Waals surface area (Å²) in [5.74, 6) is -0.295. The van der Waals surface area contributed by atoms with Crippen LogP contribution >= 0.6 is 27.7 Å². The molecule has 6 nitrogen and oxygen atoms in total. The van der Waals surface area contributed by atoms with Crippen molar-refractivity contribution in [3.63, 3.8) is 0 Å². The maximum Gasteiger partial charge on any atom is 0.339 e. The quantitative estimate of drug-likeness (QED) is 0.290. The summed E-state index contributed by atoms with van der Waals surface area (Å²) in [7, 11) is -4.00. The van der Waals surface area contributed by atoms with Crippen LogP contribution in [0.4, 0.5) is 4.79 Å². The van der Waals surface area contributed by atoms with Crippen LogP contribution in [0.2, 0.25) is 0 Å². The zero-order valence-electron chi connectivity index (χ0n) is 17.4. The molecule has 1 aliphatic rings. The van der Waals surface area contributed by atoms with Gasteiger partial charge < -0.3 is 4.18 Å². The lowest BCUT2D eigenvalue weighted by Gasteiger charge is -2.13. The molecule has 1 fully saturated rings. The largest absolute Gasteiger partial charge is 0.379 e. The van der Waals surface area contributed by atoms with E-state index in [2.05, 4.69) is 15.9 Å². The number of amides is 2. The number of carbonyl (C=O) groups excluding carboxylic acids is 2. The lowest BCUT2D eigenvalue weighted by Crippen LogP contribution is -2.27. The van der Waals surface area contributed by atoms with Crippen LogP contribution in [0.1, 0.15) is 16.7 Å². The van der Waals surface area contributed by atoms with Crippen LogP contribution in [-0.2, 0) is 21.5 Å². The maximum atomic E-state index is 12.8. The first-order valence-corrected chi connectivity index (χ1v) is 12.8. The van der Waals surface area contributed by atoms with E-state index < -0.39 is 16.0 Å². The number of nitrogens with zero attached hydrogens (tertiary/aromatic N) is 1. The molecule has 0 aliphatic carbocycles. The number of carbonyl (C=O) groups is 2. The van der Waals surface area contributed by atoms with Crippen molar-refractivity contribution in [3.8, 4) is 5.75 Å². The normalized spacial score (nSPS) is 15.3. The molecule has 0 unspecified atom stereocenters. The molecule has 168 valence electrons. The lowest BCUT2D eigenvalue weighted by molar-refractivity contribution is -0.123. The van der Waals surface area contributed by atoms with Crippen LogP contribution in [-0.4, -0.2) is 24.5 Å². The minimum absolute atomic E-state index is 0.0479. The van der Waals surface area contributed by atoms with Crippen molar-refractivity contribution < 1.29 is 22.2 Å². The van der Waals surface area contributed by atoms with Gasteiger partial charge in [-0.1, -0.05) is 64.0 Å². The number of thioether (sulfide) groups is 1. The highest BCUT2D eigenvalue weighted by atomic mass is 79.9. The van der Waals surface area contributed by atoms with Crippen molar-refractivity contribution in [1.29, 1.82) is 0 Å². The van der Waals surface area contributed by atoms with Gasteiger partial charge in [-0.05, 0) is 66.2 Å². The number of hydrogen-bond acceptors (Lipinski definition) is 6. The Balaban J connectivity index is 1.53. The van der Waals surface area contributed by atoms with Gasteiger partial charge in [0.05, 0.1) is 11.4 Å². The highest BCUT2D eigenvalue weighted by Gasteiger charge is 2.35. The van der Waals surface area contributed by atoms with Gasteiger partial charge in [0.1, 0.15) is 10.6 Å². The average molecular weight is 544 g/mol. The Bertz CT molecular complexity index is 1370. The predicted octanol–water partition coefficient (Wildman–Crippen LogP) is 5.76. The smallest absolute Gasteiger partial charge is 0.339 e. The van der Waals surface area contributed by atoms with E-state index in [-0.39, 0.29) is 27.3 Å². The third-order valence-corrected chi connectivity index (χ3v) is 7.77. The molecular weight excluding hydrogens is 526 g/mol. The molecule has 0 bridgehead atoms. The van der Waals surface area contributed by atoms with Gasteiger partial charge in [0.25, 0.3) is 11.1 Å². The second kappa shape index (κ2) is 9.54. The van der Waals surface area contributed by atoms with Crippen molar-refractivity contribution in [2.24, 2.45) is 0 Å². The Kier molecular flexibility index (Phi) is 6.73. The van der Waals surface area contributed by atoms with Gasteiger partial charge in [0.2, 0.25) is 0 Å². The van der Waals surface area contributed by atoms with E-state index in [0.717, 1.165) is 27.4 Å². The van der Waals surface area contributed by atoms with E-state index in [1.54, 1.807) is 30.3 Å². The van der Waals surface area contributed by atoms with Gasteiger partial charge in [-0.3, -0.25) is 14.5 Å². The molecule has 3 aromatic carbocycles. The van der Waals surface area contributed by atoms with Crippen LogP contribution < -0.4 is 4.18 Å². The minimum Gasteiger partial charge on any atom is -0.379 e. The Morgan fingerprint density at radius 1 is 1.00 bits per heavy atom. The van der Waals surface area contributed by atoms with E-state index in [0.29, 0.717) is 5.56 Å². The topological polar surface area (TPSA) is 80.8 Å². The van der Waals surface area contributed by atoms with Crippen LogP contribution in [0.5, 0.6) is 5.75 Å². The first-order valence-electron chi connectivity index (χ1n) is 9.83. The molecule has 1 heterocycles. The van der Waals surface area contributed by atoms with E-state index >= 15 is 0 Å². The second-order valence-corrected chi connectivity index (χ2v) is 10.7. The van der Waals surface area contributed by atoms with Crippen LogP contribution in [0.3, 0.4) is 0 Å². The summed E-state index contributed by atoms with van der Waals surface area (Å²) in [4.78, 5) is 26.8. The molecule has 0 aromatic heterocycles. The Morgan fingerprint density at radius 2 is 1.73 bits per heavy atom. The molecule has 2 amide bonds. The van der Waals surface area contributed by atoms with E-state index in [1.807, 2.05) is 31.2 Å². The average Bonchev–Trinajstić information content (AvgIpc) is 3.03. The molecule has 0 N–H and O–H groups in total. The summed E-state index contributed by atoms with van der Waals surface area (Å²) < 4.78 is 31.2. The molecule has 33 heavy (non-hydrogen) atoms. The molecule has 4 rings (SSSR count). The van der Waals surface area contributed by atoms with Crippen molar-refractivity contribution >= 4 is 55.0 Å². The summed E-state index contributed by atoms with van der Waals surface area (Å²) in [5.41, 5.74) is 2.29. The third-order valence-electron chi connectivity index (χ3n) is 4.83. The number of rotatable bonds is 6. The molecule has 0 atom stereocenters. The van der Waals surface area contributed by atoms with Crippen molar-refractivity contribution in [2.75, 3.05) is 0 Å². The molecule has 0 radical (unpaired) electrons. The van der Waals surface area contributed by atoms with E-state index in [4.69, 9.17) is 4.18 Å². The first kappa shape index (κ1) is 23.3. The molecule has 1 saturated heterocycles. The fraction of sp³-hybridized carbons (Fsp3) is 0.0833. The monoisotopic (exact) mass is 543 g/mol. The lowest BCUT2D eigenvalue weighted by atomic mass is 10.2. The van der Waals surface area contributed by atoms with Crippen LogP contribution in [0, 0.1) is 6.92 Å². The number of benzene rings is 3. The Hall–Kier alpha value is -2.88.